The SMILES string of the molecule is CCCCCCCCCCCCCCCC(=O)OCCOCCOCCOCCOCCOCCOC(=O)CCCCCCCC. The highest BCUT2D eigenvalue weighted by molar-refractivity contribution is 5.69. The predicted octanol–water partition coefficient (Wildman–Crippen LogP) is 8.39. The van der Waals surface area contributed by atoms with Gasteiger partial charge in [0.1, 0.15) is 13.2 Å². The van der Waals surface area contributed by atoms with Gasteiger partial charge in [-0.05, 0) is 12.8 Å². The van der Waals surface area contributed by atoms with Crippen LogP contribution in [0.15, 0.2) is 0 Å². The summed E-state index contributed by atoms with van der Waals surface area (Å²) in [6.45, 7) is 9.60. The molecule has 0 fully saturated rings. The largest absolute Gasteiger partial charge is 0.463 e. The third kappa shape index (κ3) is 38.9. The lowest BCUT2D eigenvalue weighted by atomic mass is 10.0. The van der Waals surface area contributed by atoms with Crippen LogP contribution in [0, 0.1) is 0 Å². The van der Waals surface area contributed by atoms with E-state index in [1.54, 1.807) is 0 Å². The standard InChI is InChI=1S/C37H72O9/c1-3-5-7-9-11-12-13-14-15-16-17-19-21-23-37(39)46-35-33-44-31-29-42-27-25-40-24-26-41-28-30-43-32-34-45-36(38)22-20-18-10-8-6-4-2/h3-35H2,1-2H3. The van der Waals surface area contributed by atoms with Crippen LogP contribution in [0.5, 0.6) is 0 Å². The van der Waals surface area contributed by atoms with Gasteiger partial charge in [-0.25, -0.2) is 0 Å². The minimum atomic E-state index is -0.142. The maximum atomic E-state index is 11.8. The van der Waals surface area contributed by atoms with Gasteiger partial charge in [0.25, 0.3) is 0 Å². The number of hydrogen-bond acceptors (Lipinski definition) is 9. The first kappa shape index (κ1) is 44.7. The average Bonchev–Trinajstić information content (AvgIpc) is 3.05. The number of rotatable bonds is 39. The van der Waals surface area contributed by atoms with Gasteiger partial charge in [-0.3, -0.25) is 9.59 Å². The lowest BCUT2D eigenvalue weighted by Gasteiger charge is -2.08. The van der Waals surface area contributed by atoms with Gasteiger partial charge in [0.15, 0.2) is 0 Å². The van der Waals surface area contributed by atoms with Gasteiger partial charge in [-0.2, -0.15) is 0 Å². The summed E-state index contributed by atoms with van der Waals surface area (Å²) >= 11 is 0. The Hall–Kier alpha value is -1.26. The molecule has 274 valence electrons. The van der Waals surface area contributed by atoms with E-state index in [1.165, 1.54) is 96.3 Å². The number of carbonyl (C=O) groups excluding carboxylic acids is 2. The van der Waals surface area contributed by atoms with E-state index in [0.717, 1.165) is 25.7 Å². The third-order valence-corrected chi connectivity index (χ3v) is 7.69. The fraction of sp³-hybridized carbons (Fsp3) is 0.946. The van der Waals surface area contributed by atoms with E-state index in [-0.39, 0.29) is 25.2 Å². The molecule has 0 atom stereocenters. The molecule has 0 heterocycles. The van der Waals surface area contributed by atoms with Crippen molar-refractivity contribution in [3.8, 4) is 0 Å². The second-order valence-corrected chi connectivity index (χ2v) is 12.0. The Labute approximate surface area is 282 Å². The van der Waals surface area contributed by atoms with Gasteiger partial charge in [0, 0.05) is 12.8 Å². The summed E-state index contributed by atoms with van der Waals surface area (Å²) < 4.78 is 37.7. The predicted molar refractivity (Wildman–Crippen MR) is 184 cm³/mol. The first-order valence-corrected chi connectivity index (χ1v) is 18.9. The molecule has 0 spiro atoms. The van der Waals surface area contributed by atoms with E-state index in [9.17, 15) is 9.59 Å². The van der Waals surface area contributed by atoms with Crippen molar-refractivity contribution in [3.63, 3.8) is 0 Å². The Balaban J connectivity index is 3.18. The van der Waals surface area contributed by atoms with Crippen LogP contribution in [0.3, 0.4) is 0 Å². The third-order valence-electron chi connectivity index (χ3n) is 7.69. The summed E-state index contributed by atoms with van der Waals surface area (Å²) in [6, 6.07) is 0. The van der Waals surface area contributed by atoms with Crippen LogP contribution >= 0.6 is 0 Å². The number of hydrogen-bond donors (Lipinski definition) is 0. The maximum Gasteiger partial charge on any atom is 0.305 e. The highest BCUT2D eigenvalue weighted by Gasteiger charge is 2.04. The van der Waals surface area contributed by atoms with Crippen molar-refractivity contribution >= 4 is 11.9 Å². The molecule has 0 aliphatic rings. The van der Waals surface area contributed by atoms with Gasteiger partial charge < -0.3 is 33.2 Å². The van der Waals surface area contributed by atoms with Crippen molar-refractivity contribution in [3.05, 3.63) is 0 Å². The molecule has 0 aliphatic heterocycles. The van der Waals surface area contributed by atoms with E-state index in [4.69, 9.17) is 33.2 Å². The Morgan fingerprint density at radius 1 is 0.304 bits per heavy atom. The lowest BCUT2D eigenvalue weighted by molar-refractivity contribution is -0.146. The average molecular weight is 661 g/mol. The van der Waals surface area contributed by atoms with Crippen LogP contribution in [0.4, 0.5) is 0 Å². The van der Waals surface area contributed by atoms with E-state index in [0.29, 0.717) is 78.9 Å². The number of ether oxygens (including phenoxy) is 7. The highest BCUT2D eigenvalue weighted by atomic mass is 16.6. The molecule has 0 rings (SSSR count). The van der Waals surface area contributed by atoms with Crippen molar-refractivity contribution in [1.29, 1.82) is 0 Å². The normalized spacial score (nSPS) is 11.3. The minimum Gasteiger partial charge on any atom is -0.463 e. The number of carbonyl (C=O) groups is 2. The molecule has 0 aromatic heterocycles. The van der Waals surface area contributed by atoms with Crippen molar-refractivity contribution in [2.45, 2.75) is 149 Å². The summed E-state index contributed by atoms with van der Waals surface area (Å²) in [5.41, 5.74) is 0. The first-order chi connectivity index (χ1) is 22.7. The summed E-state index contributed by atoms with van der Waals surface area (Å²) in [5.74, 6) is -0.273. The Bertz CT molecular complexity index is 618. The topological polar surface area (TPSA) is 98.8 Å². The van der Waals surface area contributed by atoms with Crippen LogP contribution in [0.25, 0.3) is 0 Å². The molecular weight excluding hydrogens is 588 g/mol. The van der Waals surface area contributed by atoms with Crippen molar-refractivity contribution in [2.75, 3.05) is 79.3 Å². The fourth-order valence-electron chi connectivity index (χ4n) is 4.89. The zero-order valence-corrected chi connectivity index (χ0v) is 30.0. The Morgan fingerprint density at radius 3 is 0.783 bits per heavy atom. The number of esters is 2. The smallest absolute Gasteiger partial charge is 0.305 e. The van der Waals surface area contributed by atoms with Crippen molar-refractivity contribution in [2.24, 2.45) is 0 Å². The molecule has 46 heavy (non-hydrogen) atoms. The second kappa shape index (κ2) is 39.9. The molecule has 9 heteroatoms. The maximum absolute atomic E-state index is 11.8. The van der Waals surface area contributed by atoms with Crippen molar-refractivity contribution < 1.29 is 42.7 Å². The van der Waals surface area contributed by atoms with Crippen molar-refractivity contribution in [1.82, 2.24) is 0 Å². The Morgan fingerprint density at radius 2 is 0.522 bits per heavy atom. The van der Waals surface area contributed by atoms with Crippen LogP contribution < -0.4 is 0 Å². The molecule has 0 aromatic rings. The van der Waals surface area contributed by atoms with Gasteiger partial charge in [-0.1, -0.05) is 123 Å². The molecule has 0 N–H and O–H groups in total. The molecule has 0 unspecified atom stereocenters. The summed E-state index contributed by atoms with van der Waals surface area (Å²) in [6.07, 6.45) is 24.8. The molecule has 0 saturated heterocycles. The molecule has 0 saturated carbocycles. The zero-order valence-electron chi connectivity index (χ0n) is 30.0. The summed E-state index contributed by atoms with van der Waals surface area (Å²) in [4.78, 5) is 23.5. The molecule has 0 amide bonds. The molecule has 0 aliphatic carbocycles. The van der Waals surface area contributed by atoms with Gasteiger partial charge >= 0.3 is 11.9 Å². The first-order valence-electron chi connectivity index (χ1n) is 18.9. The van der Waals surface area contributed by atoms with Crippen LogP contribution in [0.2, 0.25) is 0 Å². The molecule has 9 nitrogen and oxygen atoms in total. The van der Waals surface area contributed by atoms with Crippen LogP contribution in [-0.2, 0) is 42.7 Å². The highest BCUT2D eigenvalue weighted by Crippen LogP contribution is 2.13. The quantitative estimate of drug-likeness (QED) is 0.0475. The van der Waals surface area contributed by atoms with Crippen LogP contribution in [-0.4, -0.2) is 91.2 Å². The fourth-order valence-corrected chi connectivity index (χ4v) is 4.89. The molecular formula is C37H72O9. The van der Waals surface area contributed by atoms with E-state index in [2.05, 4.69) is 13.8 Å². The zero-order chi connectivity index (χ0) is 33.4. The molecule has 0 bridgehead atoms. The van der Waals surface area contributed by atoms with E-state index >= 15 is 0 Å². The molecule has 0 aromatic carbocycles. The summed E-state index contributed by atoms with van der Waals surface area (Å²) in [5, 5.41) is 0. The van der Waals surface area contributed by atoms with E-state index < -0.39 is 0 Å². The van der Waals surface area contributed by atoms with Gasteiger partial charge in [0.05, 0.1) is 66.1 Å². The summed E-state index contributed by atoms with van der Waals surface area (Å²) in [7, 11) is 0. The Kier molecular flexibility index (Phi) is 38.8. The lowest BCUT2D eigenvalue weighted by Crippen LogP contribution is -2.15. The second-order valence-electron chi connectivity index (χ2n) is 12.0. The number of unbranched alkanes of at least 4 members (excludes halogenated alkanes) is 17. The van der Waals surface area contributed by atoms with Gasteiger partial charge in [0.2, 0.25) is 0 Å². The monoisotopic (exact) mass is 661 g/mol. The van der Waals surface area contributed by atoms with E-state index in [1.807, 2.05) is 0 Å². The van der Waals surface area contributed by atoms with Gasteiger partial charge in [-0.15, -0.1) is 0 Å². The van der Waals surface area contributed by atoms with Crippen LogP contribution in [0.1, 0.15) is 149 Å². The molecule has 0 radical (unpaired) electrons. The minimum absolute atomic E-state index is 0.131.